The summed E-state index contributed by atoms with van der Waals surface area (Å²) >= 11 is 0. The third-order valence-corrected chi connectivity index (χ3v) is 6.07. The number of nitrogens with zero attached hydrogens (tertiary/aromatic N) is 1. The molecule has 0 aliphatic rings. The van der Waals surface area contributed by atoms with Crippen LogP contribution in [0.5, 0.6) is 0 Å². The van der Waals surface area contributed by atoms with Gasteiger partial charge in [0.2, 0.25) is 0 Å². The van der Waals surface area contributed by atoms with Crippen LogP contribution in [0.15, 0.2) is 0 Å². The topological polar surface area (TPSA) is 51.2 Å². The van der Waals surface area contributed by atoms with E-state index in [2.05, 4.69) is 0 Å². The normalized spacial score (nSPS) is 16.8. The first-order chi connectivity index (χ1) is 6.98. The molecule has 0 aromatic heterocycles. The van der Waals surface area contributed by atoms with Gasteiger partial charge in [-0.05, 0) is 20.4 Å². The maximum atomic E-state index is 9.55. The fraction of sp³-hybridized carbons (Fsp3) is 1.00. The fourth-order valence-corrected chi connectivity index (χ4v) is 4.24. The Kier molecular flexibility index (Phi) is 6.57. The van der Waals surface area contributed by atoms with Crippen molar-refractivity contribution in [3.05, 3.63) is 0 Å². The Bertz CT molecular complexity index is 167. The Balaban J connectivity index is 4.88. The van der Waals surface area contributed by atoms with Gasteiger partial charge in [-0.15, -0.1) is 0 Å². The smallest absolute Gasteiger partial charge is 0.379 e. The quantitative estimate of drug-likeness (QED) is 0.515. The minimum atomic E-state index is -2.71. The lowest BCUT2D eigenvalue weighted by Gasteiger charge is -2.38. The second-order valence-electron chi connectivity index (χ2n) is 3.44. The predicted octanol–water partition coefficient (Wildman–Crippen LogP) is 0.452. The summed E-state index contributed by atoms with van der Waals surface area (Å²) in [5.74, 6) is 0. The lowest BCUT2D eigenvalue weighted by Crippen LogP contribution is -2.62. The Morgan fingerprint density at radius 1 is 1.20 bits per heavy atom. The zero-order chi connectivity index (χ0) is 12.1. The highest BCUT2D eigenvalue weighted by Gasteiger charge is 2.49. The minimum Gasteiger partial charge on any atom is -0.379 e. The van der Waals surface area contributed by atoms with Crippen LogP contribution in [0.25, 0.3) is 0 Å². The van der Waals surface area contributed by atoms with E-state index in [4.69, 9.17) is 13.3 Å². The largest absolute Gasteiger partial charge is 0.518 e. The summed E-state index contributed by atoms with van der Waals surface area (Å²) in [6, 6.07) is 0. The molecule has 2 unspecified atom stereocenters. The van der Waals surface area contributed by atoms with E-state index in [0.717, 1.165) is 6.42 Å². The molecule has 0 rings (SSSR count). The second-order valence-corrected chi connectivity index (χ2v) is 6.54. The Labute approximate surface area is 93.3 Å². The highest BCUT2D eigenvalue weighted by molar-refractivity contribution is 6.62. The number of aliphatic hydroxyl groups is 1. The van der Waals surface area contributed by atoms with Gasteiger partial charge in [0.15, 0.2) is 0 Å². The molecule has 0 radical (unpaired) electrons. The second kappa shape index (κ2) is 6.57. The molecule has 0 bridgehead atoms. The summed E-state index contributed by atoms with van der Waals surface area (Å²) in [7, 11) is 3.87. The van der Waals surface area contributed by atoms with Crippen LogP contribution in [0.2, 0.25) is 0 Å². The summed E-state index contributed by atoms with van der Waals surface area (Å²) in [6.07, 6.45) is 0.241. The van der Waals surface area contributed by atoms with Crippen LogP contribution in [0.1, 0.15) is 20.3 Å². The van der Waals surface area contributed by atoms with E-state index in [1.807, 2.05) is 18.9 Å². The molecule has 5 nitrogen and oxygen atoms in total. The van der Waals surface area contributed by atoms with E-state index in [-0.39, 0.29) is 5.67 Å². The van der Waals surface area contributed by atoms with Gasteiger partial charge in [-0.2, -0.15) is 0 Å². The fourth-order valence-electron chi connectivity index (χ4n) is 1.71. The average Bonchev–Trinajstić information content (AvgIpc) is 2.25. The molecular weight excluding hydrogens is 214 g/mol. The molecule has 2 atom stereocenters. The first-order valence-corrected chi connectivity index (χ1v) is 6.84. The van der Waals surface area contributed by atoms with Crippen molar-refractivity contribution in [3.63, 3.8) is 0 Å². The minimum absolute atomic E-state index is 0.0440. The van der Waals surface area contributed by atoms with Crippen molar-refractivity contribution < 1.29 is 18.4 Å². The van der Waals surface area contributed by atoms with E-state index >= 15 is 0 Å². The summed E-state index contributed by atoms with van der Waals surface area (Å²) in [4.78, 5) is 1.81. The van der Waals surface area contributed by atoms with Crippen molar-refractivity contribution in [1.82, 2.24) is 4.90 Å². The van der Waals surface area contributed by atoms with Crippen molar-refractivity contribution in [2.24, 2.45) is 0 Å². The van der Waals surface area contributed by atoms with Gasteiger partial charge in [-0.25, -0.2) is 0 Å². The van der Waals surface area contributed by atoms with Crippen LogP contribution < -0.4 is 0 Å². The molecule has 15 heavy (non-hydrogen) atoms. The van der Waals surface area contributed by atoms with Gasteiger partial charge < -0.3 is 18.4 Å². The Morgan fingerprint density at radius 3 is 1.80 bits per heavy atom. The van der Waals surface area contributed by atoms with Gasteiger partial charge in [-0.1, -0.05) is 6.92 Å². The monoisotopic (exact) mass is 237 g/mol. The highest BCUT2D eigenvalue weighted by atomic mass is 28.4. The summed E-state index contributed by atoms with van der Waals surface area (Å²) in [5.41, 5.74) is -0.0440. The van der Waals surface area contributed by atoms with Crippen molar-refractivity contribution in [2.75, 3.05) is 28.4 Å². The molecule has 0 spiro atoms. The van der Waals surface area contributed by atoms with E-state index < -0.39 is 15.0 Å². The molecule has 0 aromatic carbocycles. The van der Waals surface area contributed by atoms with Gasteiger partial charge >= 0.3 is 8.80 Å². The molecule has 0 fully saturated rings. The molecule has 0 aliphatic heterocycles. The molecule has 0 aliphatic carbocycles. The van der Waals surface area contributed by atoms with Crippen molar-refractivity contribution in [2.45, 2.75) is 32.2 Å². The molecule has 0 saturated carbocycles. The maximum absolute atomic E-state index is 9.55. The molecule has 0 heterocycles. The van der Waals surface area contributed by atoms with Crippen molar-refractivity contribution in [1.29, 1.82) is 0 Å². The predicted molar refractivity (Wildman–Crippen MR) is 60.3 cm³/mol. The van der Waals surface area contributed by atoms with Gasteiger partial charge in [-0.3, -0.25) is 4.90 Å². The van der Waals surface area contributed by atoms with E-state index in [1.165, 1.54) is 0 Å². The Morgan fingerprint density at radius 2 is 1.60 bits per heavy atom. The molecule has 0 aromatic rings. The number of aliphatic hydroxyl groups excluding tert-OH is 1. The van der Waals surface area contributed by atoms with Gasteiger partial charge in [0.25, 0.3) is 0 Å². The third kappa shape index (κ3) is 3.23. The lowest BCUT2D eigenvalue weighted by atomic mass is 10.4. The number of hydrogen-bond acceptors (Lipinski definition) is 5. The molecule has 92 valence electrons. The van der Waals surface area contributed by atoms with Crippen LogP contribution in [0.4, 0.5) is 0 Å². The zero-order valence-corrected chi connectivity index (χ0v) is 11.5. The van der Waals surface area contributed by atoms with Crippen LogP contribution >= 0.6 is 0 Å². The zero-order valence-electron chi connectivity index (χ0n) is 10.5. The van der Waals surface area contributed by atoms with Gasteiger partial charge in [0.05, 0.1) is 5.67 Å². The standard InChI is InChI=1S/C9H23NO4Si/c1-7-9(10(3)8(2)11)15(12-4,13-5)14-6/h8-9,11H,7H2,1-6H3. The van der Waals surface area contributed by atoms with E-state index in [1.54, 1.807) is 28.3 Å². The van der Waals surface area contributed by atoms with Crippen LogP contribution in [0, 0.1) is 0 Å². The van der Waals surface area contributed by atoms with Crippen LogP contribution in [-0.4, -0.2) is 59.1 Å². The molecule has 0 amide bonds. The number of hydrogen-bond donors (Lipinski definition) is 1. The molecule has 1 N–H and O–H groups in total. The van der Waals surface area contributed by atoms with Gasteiger partial charge in [0, 0.05) is 21.3 Å². The maximum Gasteiger partial charge on any atom is 0.518 e. The van der Waals surface area contributed by atoms with Gasteiger partial charge in [0.1, 0.15) is 6.23 Å². The first-order valence-electron chi connectivity index (χ1n) is 5.04. The average molecular weight is 237 g/mol. The summed E-state index contributed by atoms with van der Waals surface area (Å²) in [6.45, 7) is 3.73. The summed E-state index contributed by atoms with van der Waals surface area (Å²) < 4.78 is 16.2. The lowest BCUT2D eigenvalue weighted by molar-refractivity contribution is -0.00605. The molecular formula is C9H23NO4Si. The van der Waals surface area contributed by atoms with E-state index in [0.29, 0.717) is 0 Å². The SMILES string of the molecule is CCC(N(C)C(C)O)[Si](OC)(OC)OC. The first kappa shape index (κ1) is 15.0. The number of rotatable bonds is 7. The molecule has 6 heteroatoms. The van der Waals surface area contributed by atoms with E-state index in [9.17, 15) is 5.11 Å². The Hall–Kier alpha value is 0.0169. The van der Waals surface area contributed by atoms with Crippen molar-refractivity contribution in [3.8, 4) is 0 Å². The summed E-state index contributed by atoms with van der Waals surface area (Å²) in [5, 5.41) is 9.55. The van der Waals surface area contributed by atoms with Crippen molar-refractivity contribution >= 4 is 8.80 Å². The highest BCUT2D eigenvalue weighted by Crippen LogP contribution is 2.20. The third-order valence-electron chi connectivity index (χ3n) is 2.73. The molecule has 0 saturated heterocycles. The van der Waals surface area contributed by atoms with Crippen LogP contribution in [-0.2, 0) is 13.3 Å². The van der Waals surface area contributed by atoms with Crippen LogP contribution in [0.3, 0.4) is 0 Å².